The zero-order valence-electron chi connectivity index (χ0n) is 16.5. The third-order valence-corrected chi connectivity index (χ3v) is 4.84. The van der Waals surface area contributed by atoms with E-state index in [1.807, 2.05) is 0 Å². The van der Waals surface area contributed by atoms with Gasteiger partial charge in [-0.3, -0.25) is 14.6 Å². The Morgan fingerprint density at radius 3 is 2.47 bits per heavy atom. The van der Waals surface area contributed by atoms with E-state index in [4.69, 9.17) is 5.73 Å². The maximum Gasteiger partial charge on any atom is 0.416 e. The van der Waals surface area contributed by atoms with Crippen molar-refractivity contribution in [2.45, 2.75) is 18.6 Å². The van der Waals surface area contributed by atoms with Crippen LogP contribution in [0.2, 0.25) is 0 Å². The van der Waals surface area contributed by atoms with Gasteiger partial charge in [-0.25, -0.2) is 4.68 Å². The molecule has 0 spiro atoms. The van der Waals surface area contributed by atoms with Crippen molar-refractivity contribution in [2.75, 3.05) is 10.3 Å². The molecule has 8 nitrogen and oxygen atoms in total. The highest BCUT2D eigenvalue weighted by Gasteiger charge is 2.36. The maximum atomic E-state index is 13.2. The van der Waals surface area contributed by atoms with Crippen LogP contribution in [0.5, 0.6) is 0 Å². The van der Waals surface area contributed by atoms with Crippen LogP contribution in [0.1, 0.15) is 12.0 Å². The Kier molecular flexibility index (Phi) is 5.39. The topological polar surface area (TPSA) is 106 Å². The Labute approximate surface area is 180 Å². The van der Waals surface area contributed by atoms with Crippen LogP contribution in [0, 0.1) is 0 Å². The molecule has 0 radical (unpaired) electrons. The minimum atomic E-state index is -4.60. The number of halogens is 3. The van der Waals surface area contributed by atoms with Gasteiger partial charge in [0.05, 0.1) is 22.6 Å². The van der Waals surface area contributed by atoms with E-state index in [-0.39, 0.29) is 23.5 Å². The molecule has 2 aromatic carbocycles. The lowest BCUT2D eigenvalue weighted by Gasteiger charge is -2.20. The van der Waals surface area contributed by atoms with Crippen LogP contribution >= 0.6 is 0 Å². The van der Waals surface area contributed by atoms with Crippen LogP contribution < -0.4 is 16.1 Å². The van der Waals surface area contributed by atoms with Gasteiger partial charge in [0.25, 0.3) is 5.91 Å². The van der Waals surface area contributed by atoms with Crippen LogP contribution in [-0.2, 0) is 15.8 Å². The molecule has 0 bridgehead atoms. The molecule has 1 aliphatic heterocycles. The number of primary amides is 1. The molecule has 164 valence electrons. The van der Waals surface area contributed by atoms with Crippen LogP contribution in [0.3, 0.4) is 0 Å². The maximum absolute atomic E-state index is 13.2. The summed E-state index contributed by atoms with van der Waals surface area (Å²) in [6.45, 7) is 0. The number of hydrogen-bond acceptors (Lipinski definition) is 5. The first-order chi connectivity index (χ1) is 15.2. The quantitative estimate of drug-likeness (QED) is 0.634. The van der Waals surface area contributed by atoms with E-state index in [0.29, 0.717) is 5.69 Å². The number of hydrazone groups is 1. The van der Waals surface area contributed by atoms with Crippen LogP contribution in [0.15, 0.2) is 72.1 Å². The third-order valence-electron chi connectivity index (χ3n) is 4.84. The number of para-hydroxylation sites is 1. The fourth-order valence-corrected chi connectivity index (χ4v) is 3.31. The summed E-state index contributed by atoms with van der Waals surface area (Å²) in [4.78, 5) is 24.8. The largest absolute Gasteiger partial charge is 0.416 e. The molecule has 1 aliphatic rings. The SMILES string of the molecule is NC(=O)C1CC(C(=O)Nc2cc(C(F)(F)F)ccc2-n2cccn2)=NN1c1ccccc1. The molecule has 2 amide bonds. The molecule has 3 N–H and O–H groups in total. The van der Waals surface area contributed by atoms with Gasteiger partial charge in [-0.05, 0) is 36.4 Å². The Morgan fingerprint density at radius 1 is 1.09 bits per heavy atom. The zero-order chi connectivity index (χ0) is 22.9. The molecule has 0 saturated heterocycles. The van der Waals surface area contributed by atoms with Gasteiger partial charge in [0.1, 0.15) is 11.8 Å². The Hall–Kier alpha value is -4.15. The fraction of sp³-hybridized carbons (Fsp3) is 0.143. The first-order valence-corrected chi connectivity index (χ1v) is 9.48. The molecule has 1 unspecified atom stereocenters. The van der Waals surface area contributed by atoms with Crippen molar-refractivity contribution in [3.63, 3.8) is 0 Å². The number of alkyl halides is 3. The van der Waals surface area contributed by atoms with Crippen molar-refractivity contribution >= 4 is 28.9 Å². The number of rotatable bonds is 5. The summed E-state index contributed by atoms with van der Waals surface area (Å²) in [5, 5.41) is 12.0. The van der Waals surface area contributed by atoms with Crippen molar-refractivity contribution in [3.05, 3.63) is 72.6 Å². The average Bonchev–Trinajstić information content (AvgIpc) is 3.44. The molecule has 3 aromatic rings. The standard InChI is InChI=1S/C21H17F3N6O2/c22-21(23,24)13-7-8-17(29-10-4-9-26-29)15(11-13)27-20(32)16-12-18(19(25)31)30(28-16)14-5-2-1-3-6-14/h1-11,18H,12H2,(H2,25,31)(H,27,32). The number of anilines is 2. The van der Waals surface area contributed by atoms with Crippen molar-refractivity contribution in [3.8, 4) is 5.69 Å². The van der Waals surface area contributed by atoms with Gasteiger partial charge in [-0.2, -0.15) is 23.4 Å². The van der Waals surface area contributed by atoms with E-state index in [0.717, 1.165) is 12.1 Å². The molecule has 4 rings (SSSR count). The van der Waals surface area contributed by atoms with E-state index in [1.54, 1.807) is 36.4 Å². The van der Waals surface area contributed by atoms with Gasteiger partial charge in [0.2, 0.25) is 5.91 Å². The predicted molar refractivity (Wildman–Crippen MR) is 111 cm³/mol. The Bertz CT molecular complexity index is 1180. The van der Waals surface area contributed by atoms with E-state index in [1.165, 1.54) is 28.2 Å². The summed E-state index contributed by atoms with van der Waals surface area (Å²) < 4.78 is 41.1. The van der Waals surface area contributed by atoms with Crippen LogP contribution in [-0.4, -0.2) is 33.3 Å². The number of nitrogens with zero attached hydrogens (tertiary/aromatic N) is 4. The second-order valence-corrected chi connectivity index (χ2v) is 6.98. The van der Waals surface area contributed by atoms with E-state index < -0.39 is 29.6 Å². The summed E-state index contributed by atoms with van der Waals surface area (Å²) in [5.74, 6) is -1.43. The molecular formula is C21H17F3N6O2. The molecule has 32 heavy (non-hydrogen) atoms. The van der Waals surface area contributed by atoms with Gasteiger partial charge in [0, 0.05) is 18.8 Å². The number of carbonyl (C=O) groups is 2. The van der Waals surface area contributed by atoms with Gasteiger partial charge in [0.15, 0.2) is 0 Å². The number of nitrogens with two attached hydrogens (primary N) is 1. The van der Waals surface area contributed by atoms with Crippen molar-refractivity contribution < 1.29 is 22.8 Å². The summed E-state index contributed by atoms with van der Waals surface area (Å²) in [6.07, 6.45) is -1.70. The number of carbonyl (C=O) groups excluding carboxylic acids is 2. The third kappa shape index (κ3) is 4.17. The number of nitrogens with one attached hydrogen (secondary N) is 1. The smallest absolute Gasteiger partial charge is 0.368 e. The van der Waals surface area contributed by atoms with Crippen LogP contribution in [0.25, 0.3) is 5.69 Å². The number of hydrogen-bond donors (Lipinski definition) is 2. The average molecular weight is 442 g/mol. The van der Waals surface area contributed by atoms with Crippen LogP contribution in [0.4, 0.5) is 24.5 Å². The van der Waals surface area contributed by atoms with Gasteiger partial charge in [-0.15, -0.1) is 0 Å². The first kappa shape index (κ1) is 21.1. The summed E-state index contributed by atoms with van der Waals surface area (Å²) in [6, 6.07) is 12.3. The highest BCUT2D eigenvalue weighted by molar-refractivity contribution is 6.44. The number of aromatic nitrogens is 2. The minimum Gasteiger partial charge on any atom is -0.368 e. The second-order valence-electron chi connectivity index (χ2n) is 6.98. The van der Waals surface area contributed by atoms with Crippen molar-refractivity contribution in [2.24, 2.45) is 10.8 Å². The number of amides is 2. The van der Waals surface area contributed by atoms with Gasteiger partial charge >= 0.3 is 6.18 Å². The molecule has 11 heteroatoms. The minimum absolute atomic E-state index is 0.0403. The highest BCUT2D eigenvalue weighted by Crippen LogP contribution is 2.33. The Balaban J connectivity index is 1.67. The lowest BCUT2D eigenvalue weighted by molar-refractivity contribution is -0.137. The molecule has 0 aliphatic carbocycles. The van der Waals surface area contributed by atoms with Crippen molar-refractivity contribution in [1.82, 2.24) is 9.78 Å². The van der Waals surface area contributed by atoms with E-state index in [9.17, 15) is 22.8 Å². The molecular weight excluding hydrogens is 425 g/mol. The molecule has 1 aromatic heterocycles. The Morgan fingerprint density at radius 2 is 1.84 bits per heavy atom. The summed E-state index contributed by atoms with van der Waals surface area (Å²) >= 11 is 0. The lowest BCUT2D eigenvalue weighted by Crippen LogP contribution is -2.39. The lowest BCUT2D eigenvalue weighted by atomic mass is 10.1. The molecule has 1 atom stereocenters. The fourth-order valence-electron chi connectivity index (χ4n) is 3.31. The predicted octanol–water partition coefficient (Wildman–Crippen LogP) is 2.95. The van der Waals surface area contributed by atoms with Gasteiger partial charge in [-0.1, -0.05) is 18.2 Å². The monoisotopic (exact) mass is 442 g/mol. The van der Waals surface area contributed by atoms with Crippen molar-refractivity contribution in [1.29, 1.82) is 0 Å². The molecule has 2 heterocycles. The highest BCUT2D eigenvalue weighted by atomic mass is 19.4. The zero-order valence-corrected chi connectivity index (χ0v) is 16.5. The number of benzene rings is 2. The summed E-state index contributed by atoms with van der Waals surface area (Å²) in [7, 11) is 0. The summed E-state index contributed by atoms with van der Waals surface area (Å²) in [5.41, 5.74) is 5.18. The second kappa shape index (κ2) is 8.17. The molecule has 0 fully saturated rings. The normalized spacial score (nSPS) is 16.0. The molecule has 0 saturated carbocycles. The first-order valence-electron chi connectivity index (χ1n) is 9.48. The van der Waals surface area contributed by atoms with E-state index in [2.05, 4.69) is 15.5 Å². The van der Waals surface area contributed by atoms with E-state index >= 15 is 0 Å². The van der Waals surface area contributed by atoms with Gasteiger partial charge < -0.3 is 11.1 Å².